The van der Waals surface area contributed by atoms with Gasteiger partial charge in [0.1, 0.15) is 0 Å². The van der Waals surface area contributed by atoms with Crippen LogP contribution in [-0.2, 0) is 9.53 Å². The molecular formula is C11H21NO2. The molecule has 0 amide bonds. The molecule has 0 radical (unpaired) electrons. The van der Waals surface area contributed by atoms with E-state index in [1.54, 1.807) is 0 Å². The topological polar surface area (TPSA) is 38.3 Å². The summed E-state index contributed by atoms with van der Waals surface area (Å²) in [5.41, 5.74) is 0.186. The third kappa shape index (κ3) is 2.71. The summed E-state index contributed by atoms with van der Waals surface area (Å²) in [4.78, 5) is 11.1. The van der Waals surface area contributed by atoms with Gasteiger partial charge in [0.15, 0.2) is 0 Å². The molecule has 1 aliphatic rings. The van der Waals surface area contributed by atoms with Crippen LogP contribution in [0.2, 0.25) is 0 Å². The van der Waals surface area contributed by atoms with Crippen LogP contribution in [0.5, 0.6) is 0 Å². The molecule has 0 unspecified atom stereocenters. The summed E-state index contributed by atoms with van der Waals surface area (Å²) in [6.07, 6.45) is 2.96. The van der Waals surface area contributed by atoms with Crippen molar-refractivity contribution in [2.45, 2.75) is 51.6 Å². The molecule has 0 bridgehead atoms. The van der Waals surface area contributed by atoms with Crippen LogP contribution in [0, 0.1) is 5.92 Å². The van der Waals surface area contributed by atoms with E-state index >= 15 is 0 Å². The molecule has 1 N–H and O–H groups in total. The van der Waals surface area contributed by atoms with E-state index in [0.29, 0.717) is 6.04 Å². The Kier molecular flexibility index (Phi) is 3.53. The van der Waals surface area contributed by atoms with E-state index in [2.05, 4.69) is 26.1 Å². The summed E-state index contributed by atoms with van der Waals surface area (Å²) in [6.45, 7) is 6.56. The molecule has 0 heterocycles. The second-order valence-electron chi connectivity index (χ2n) is 4.77. The van der Waals surface area contributed by atoms with Crippen LogP contribution in [0.25, 0.3) is 0 Å². The van der Waals surface area contributed by atoms with Crippen molar-refractivity contribution in [3.8, 4) is 0 Å². The van der Waals surface area contributed by atoms with Gasteiger partial charge in [-0.15, -0.1) is 0 Å². The molecule has 0 spiro atoms. The number of carbonyl (C=O) groups excluding carboxylic acids is 1. The van der Waals surface area contributed by atoms with Crippen LogP contribution in [0.4, 0.5) is 0 Å². The van der Waals surface area contributed by atoms with Crippen LogP contribution < -0.4 is 5.32 Å². The van der Waals surface area contributed by atoms with Gasteiger partial charge < -0.3 is 10.1 Å². The maximum absolute atomic E-state index is 11.1. The zero-order chi connectivity index (χ0) is 10.8. The van der Waals surface area contributed by atoms with Crippen molar-refractivity contribution in [2.75, 3.05) is 7.11 Å². The standard InChI is InChI=1S/C11H21NO2/c1-5-11(2,3)12-9-6-8(7-9)10(13)14-4/h8-9,12H,5-7H2,1-4H3. The highest BCUT2D eigenvalue weighted by molar-refractivity contribution is 5.73. The van der Waals surface area contributed by atoms with E-state index < -0.39 is 0 Å². The Balaban J connectivity index is 2.25. The molecule has 0 aromatic heterocycles. The molecule has 3 heteroatoms. The van der Waals surface area contributed by atoms with Gasteiger partial charge in [0.2, 0.25) is 0 Å². The summed E-state index contributed by atoms with van der Waals surface area (Å²) in [7, 11) is 1.46. The Morgan fingerprint density at radius 2 is 2.07 bits per heavy atom. The highest BCUT2D eigenvalue weighted by atomic mass is 16.5. The molecule has 0 aliphatic heterocycles. The molecule has 1 saturated carbocycles. The molecule has 0 atom stereocenters. The molecule has 14 heavy (non-hydrogen) atoms. The third-order valence-corrected chi connectivity index (χ3v) is 3.15. The first-order chi connectivity index (χ1) is 6.48. The maximum atomic E-state index is 11.1. The van der Waals surface area contributed by atoms with Crippen molar-refractivity contribution in [2.24, 2.45) is 5.92 Å². The second-order valence-corrected chi connectivity index (χ2v) is 4.77. The number of ether oxygens (including phenoxy) is 1. The van der Waals surface area contributed by atoms with Gasteiger partial charge in [-0.05, 0) is 33.1 Å². The predicted molar refractivity (Wildman–Crippen MR) is 56.0 cm³/mol. The minimum absolute atomic E-state index is 0.0580. The number of carbonyl (C=O) groups is 1. The van der Waals surface area contributed by atoms with Crippen LogP contribution in [0.15, 0.2) is 0 Å². The largest absolute Gasteiger partial charge is 0.469 e. The molecule has 1 rings (SSSR count). The molecule has 0 saturated heterocycles. The van der Waals surface area contributed by atoms with Crippen LogP contribution in [0.3, 0.4) is 0 Å². The van der Waals surface area contributed by atoms with Gasteiger partial charge in [-0.1, -0.05) is 6.92 Å². The average molecular weight is 199 g/mol. The monoisotopic (exact) mass is 199 g/mol. The van der Waals surface area contributed by atoms with Crippen molar-refractivity contribution in [3.63, 3.8) is 0 Å². The Morgan fingerprint density at radius 3 is 2.50 bits per heavy atom. The summed E-state index contributed by atoms with van der Waals surface area (Å²) in [5.74, 6) is 0.0718. The zero-order valence-corrected chi connectivity index (χ0v) is 9.59. The van der Waals surface area contributed by atoms with E-state index in [1.165, 1.54) is 7.11 Å². The molecule has 1 aliphatic carbocycles. The average Bonchev–Trinajstić information content (AvgIpc) is 2.09. The number of rotatable bonds is 4. The number of nitrogens with one attached hydrogen (secondary N) is 1. The van der Waals surface area contributed by atoms with Gasteiger partial charge in [-0.2, -0.15) is 0 Å². The van der Waals surface area contributed by atoms with Crippen molar-refractivity contribution < 1.29 is 9.53 Å². The summed E-state index contributed by atoms with van der Waals surface area (Å²) in [5, 5.41) is 3.54. The minimum atomic E-state index is -0.0580. The minimum Gasteiger partial charge on any atom is -0.469 e. The van der Waals surface area contributed by atoms with Gasteiger partial charge in [-0.25, -0.2) is 0 Å². The number of hydrogen-bond acceptors (Lipinski definition) is 3. The quantitative estimate of drug-likeness (QED) is 0.701. The first-order valence-electron chi connectivity index (χ1n) is 5.34. The van der Waals surface area contributed by atoms with Gasteiger partial charge in [0.05, 0.1) is 13.0 Å². The maximum Gasteiger partial charge on any atom is 0.308 e. The van der Waals surface area contributed by atoms with Gasteiger partial charge in [0, 0.05) is 11.6 Å². The fourth-order valence-electron chi connectivity index (χ4n) is 1.75. The number of hydrogen-bond donors (Lipinski definition) is 1. The first-order valence-corrected chi connectivity index (χ1v) is 5.34. The molecule has 1 fully saturated rings. The molecule has 0 aromatic carbocycles. The normalized spacial score (nSPS) is 26.9. The smallest absolute Gasteiger partial charge is 0.308 e. The Morgan fingerprint density at radius 1 is 1.50 bits per heavy atom. The van der Waals surface area contributed by atoms with Crippen LogP contribution in [0.1, 0.15) is 40.0 Å². The van der Waals surface area contributed by atoms with E-state index in [1.807, 2.05) is 0 Å². The van der Waals surface area contributed by atoms with Crippen LogP contribution >= 0.6 is 0 Å². The fraction of sp³-hybridized carbons (Fsp3) is 0.909. The Labute approximate surface area is 86.2 Å². The Hall–Kier alpha value is -0.570. The first kappa shape index (κ1) is 11.5. The second kappa shape index (κ2) is 4.30. The van der Waals surface area contributed by atoms with Gasteiger partial charge >= 0.3 is 5.97 Å². The summed E-state index contributed by atoms with van der Waals surface area (Å²) >= 11 is 0. The van der Waals surface area contributed by atoms with Crippen LogP contribution in [-0.4, -0.2) is 24.7 Å². The molecular weight excluding hydrogens is 178 g/mol. The van der Waals surface area contributed by atoms with E-state index in [0.717, 1.165) is 19.3 Å². The number of methoxy groups -OCH3 is 1. The molecule has 0 aromatic rings. The Bertz CT molecular complexity index is 207. The fourth-order valence-corrected chi connectivity index (χ4v) is 1.75. The lowest BCUT2D eigenvalue weighted by molar-refractivity contribution is -0.149. The zero-order valence-electron chi connectivity index (χ0n) is 9.59. The number of esters is 1. The highest BCUT2D eigenvalue weighted by Gasteiger charge is 2.37. The SMILES string of the molecule is CCC(C)(C)NC1CC(C(=O)OC)C1. The molecule has 3 nitrogen and oxygen atoms in total. The molecule has 82 valence electrons. The van der Waals surface area contributed by atoms with E-state index in [-0.39, 0.29) is 17.4 Å². The lowest BCUT2D eigenvalue weighted by Gasteiger charge is -2.39. The lowest BCUT2D eigenvalue weighted by Crippen LogP contribution is -2.52. The summed E-state index contributed by atoms with van der Waals surface area (Å²) < 4.78 is 4.69. The van der Waals surface area contributed by atoms with Gasteiger partial charge in [0.25, 0.3) is 0 Å². The highest BCUT2D eigenvalue weighted by Crippen LogP contribution is 2.30. The van der Waals surface area contributed by atoms with Crippen molar-refractivity contribution in [1.82, 2.24) is 5.32 Å². The van der Waals surface area contributed by atoms with Crippen molar-refractivity contribution >= 4 is 5.97 Å². The van der Waals surface area contributed by atoms with Crippen molar-refractivity contribution in [1.29, 1.82) is 0 Å². The van der Waals surface area contributed by atoms with E-state index in [9.17, 15) is 4.79 Å². The van der Waals surface area contributed by atoms with Gasteiger partial charge in [-0.3, -0.25) is 4.79 Å². The van der Waals surface area contributed by atoms with E-state index in [4.69, 9.17) is 4.74 Å². The third-order valence-electron chi connectivity index (χ3n) is 3.15. The summed E-state index contributed by atoms with van der Waals surface area (Å²) in [6, 6.07) is 0.494. The van der Waals surface area contributed by atoms with Crippen molar-refractivity contribution in [3.05, 3.63) is 0 Å². The predicted octanol–water partition coefficient (Wildman–Crippen LogP) is 1.72. The lowest BCUT2D eigenvalue weighted by atomic mass is 9.79.